The van der Waals surface area contributed by atoms with Gasteiger partial charge in [0.25, 0.3) is 0 Å². The van der Waals surface area contributed by atoms with E-state index in [1.54, 1.807) is 12.1 Å². The number of aliphatic hydroxyl groups excluding tert-OH is 1. The van der Waals surface area contributed by atoms with Crippen LogP contribution in [0.1, 0.15) is 36.6 Å². The molecule has 2 aromatic rings. The second kappa shape index (κ2) is 7.14. The Bertz CT molecular complexity index is 578. The number of nitrogen functional groups attached to an aromatic ring is 1. The Kier molecular flexibility index (Phi) is 5.23. The van der Waals surface area contributed by atoms with E-state index < -0.39 is 6.10 Å². The Morgan fingerprint density at radius 1 is 1.05 bits per heavy atom. The summed E-state index contributed by atoms with van der Waals surface area (Å²) in [6.45, 7) is 4.45. The largest absolute Gasteiger partial charge is 0.491 e. The minimum atomic E-state index is -0.621. The zero-order chi connectivity index (χ0) is 15.2. The van der Waals surface area contributed by atoms with Gasteiger partial charge >= 0.3 is 0 Å². The predicted octanol–water partition coefficient (Wildman–Crippen LogP) is 3.51. The third-order valence-corrected chi connectivity index (χ3v) is 3.65. The highest BCUT2D eigenvalue weighted by Gasteiger charge is 2.13. The fourth-order valence-electron chi connectivity index (χ4n) is 2.33. The molecule has 1 atom stereocenters. The Hall–Kier alpha value is -2.00. The summed E-state index contributed by atoms with van der Waals surface area (Å²) in [5, 5.41) is 10.4. The van der Waals surface area contributed by atoms with Crippen molar-refractivity contribution in [2.45, 2.75) is 32.8 Å². The second-order valence-corrected chi connectivity index (χ2v) is 5.14. The lowest BCUT2D eigenvalue weighted by atomic mass is 9.97. The van der Waals surface area contributed by atoms with Crippen LogP contribution < -0.4 is 10.5 Å². The van der Waals surface area contributed by atoms with E-state index in [0.29, 0.717) is 11.4 Å². The molecule has 1 unspecified atom stereocenters. The highest BCUT2D eigenvalue weighted by molar-refractivity contribution is 5.41. The predicted molar refractivity (Wildman–Crippen MR) is 86.5 cm³/mol. The van der Waals surface area contributed by atoms with Crippen molar-refractivity contribution in [1.29, 1.82) is 0 Å². The minimum absolute atomic E-state index is 0.240. The molecule has 2 aromatic carbocycles. The van der Waals surface area contributed by atoms with Gasteiger partial charge in [-0.25, -0.2) is 0 Å². The molecule has 0 spiro atoms. The van der Waals surface area contributed by atoms with Crippen LogP contribution in [0.3, 0.4) is 0 Å². The molecule has 112 valence electrons. The molecule has 3 heteroatoms. The standard InChI is InChI=1S/C18H23NO2/c1-3-13-5-6-14(4-2)17(11-13)18(20)12-21-16-9-7-15(19)8-10-16/h5-11,18,20H,3-4,12,19H2,1-2H3. The summed E-state index contributed by atoms with van der Waals surface area (Å²) in [5.74, 6) is 0.716. The molecule has 0 fully saturated rings. The van der Waals surface area contributed by atoms with Crippen LogP contribution in [0, 0.1) is 0 Å². The van der Waals surface area contributed by atoms with Crippen LogP contribution in [0.15, 0.2) is 42.5 Å². The number of anilines is 1. The summed E-state index contributed by atoms with van der Waals surface area (Å²) >= 11 is 0. The number of hydrogen-bond acceptors (Lipinski definition) is 3. The normalized spacial score (nSPS) is 12.1. The Labute approximate surface area is 126 Å². The SMILES string of the molecule is CCc1ccc(CC)c(C(O)COc2ccc(N)cc2)c1. The van der Waals surface area contributed by atoms with Crippen LogP contribution in [0.5, 0.6) is 5.75 Å². The summed E-state index contributed by atoms with van der Waals surface area (Å²) in [7, 11) is 0. The molecule has 0 aliphatic heterocycles. The van der Waals surface area contributed by atoms with E-state index in [2.05, 4.69) is 32.0 Å². The first-order valence-corrected chi connectivity index (χ1v) is 7.42. The van der Waals surface area contributed by atoms with E-state index in [1.807, 2.05) is 12.1 Å². The average Bonchev–Trinajstić information content (AvgIpc) is 2.53. The second-order valence-electron chi connectivity index (χ2n) is 5.14. The summed E-state index contributed by atoms with van der Waals surface area (Å²) in [4.78, 5) is 0. The van der Waals surface area contributed by atoms with Gasteiger partial charge in [-0.3, -0.25) is 0 Å². The molecule has 0 heterocycles. The van der Waals surface area contributed by atoms with Crippen molar-refractivity contribution in [3.05, 3.63) is 59.2 Å². The first kappa shape index (κ1) is 15.4. The number of ether oxygens (including phenoxy) is 1. The number of benzene rings is 2. The fourth-order valence-corrected chi connectivity index (χ4v) is 2.33. The zero-order valence-corrected chi connectivity index (χ0v) is 12.7. The van der Waals surface area contributed by atoms with E-state index >= 15 is 0 Å². The molecule has 3 nitrogen and oxygen atoms in total. The van der Waals surface area contributed by atoms with Crippen molar-refractivity contribution in [2.75, 3.05) is 12.3 Å². The van der Waals surface area contributed by atoms with Gasteiger partial charge < -0.3 is 15.6 Å². The van der Waals surface area contributed by atoms with Gasteiger partial charge in [0, 0.05) is 5.69 Å². The van der Waals surface area contributed by atoms with E-state index in [4.69, 9.17) is 10.5 Å². The Morgan fingerprint density at radius 2 is 1.76 bits per heavy atom. The lowest BCUT2D eigenvalue weighted by molar-refractivity contribution is 0.107. The van der Waals surface area contributed by atoms with Crippen LogP contribution in [-0.2, 0) is 12.8 Å². The fraction of sp³-hybridized carbons (Fsp3) is 0.333. The quantitative estimate of drug-likeness (QED) is 0.799. The maximum atomic E-state index is 10.4. The van der Waals surface area contributed by atoms with Gasteiger partial charge in [-0.1, -0.05) is 32.0 Å². The maximum absolute atomic E-state index is 10.4. The molecule has 0 saturated carbocycles. The van der Waals surface area contributed by atoms with Crippen LogP contribution in [-0.4, -0.2) is 11.7 Å². The Balaban J connectivity index is 2.08. The molecule has 2 rings (SSSR count). The molecule has 0 aliphatic rings. The van der Waals surface area contributed by atoms with Gasteiger partial charge in [0.15, 0.2) is 0 Å². The molecule has 0 saturated heterocycles. The van der Waals surface area contributed by atoms with Gasteiger partial charge in [0.1, 0.15) is 18.5 Å². The van der Waals surface area contributed by atoms with Crippen molar-refractivity contribution in [3.63, 3.8) is 0 Å². The number of aryl methyl sites for hydroxylation is 2. The van der Waals surface area contributed by atoms with E-state index in [-0.39, 0.29) is 6.61 Å². The molecule has 3 N–H and O–H groups in total. The summed E-state index contributed by atoms with van der Waals surface area (Å²) < 4.78 is 5.64. The van der Waals surface area contributed by atoms with Crippen LogP contribution in [0.25, 0.3) is 0 Å². The topological polar surface area (TPSA) is 55.5 Å². The maximum Gasteiger partial charge on any atom is 0.119 e. The lowest BCUT2D eigenvalue weighted by Gasteiger charge is -2.17. The number of hydrogen-bond donors (Lipinski definition) is 2. The van der Waals surface area contributed by atoms with E-state index in [0.717, 1.165) is 18.4 Å². The zero-order valence-electron chi connectivity index (χ0n) is 12.7. The van der Waals surface area contributed by atoms with E-state index in [1.165, 1.54) is 11.1 Å². The average molecular weight is 285 g/mol. The summed E-state index contributed by atoms with van der Waals surface area (Å²) in [6.07, 6.45) is 1.24. The summed E-state index contributed by atoms with van der Waals surface area (Å²) in [6, 6.07) is 13.5. The van der Waals surface area contributed by atoms with Gasteiger partial charge in [-0.2, -0.15) is 0 Å². The molecule has 0 bridgehead atoms. The first-order valence-electron chi connectivity index (χ1n) is 7.42. The van der Waals surface area contributed by atoms with Crippen LogP contribution >= 0.6 is 0 Å². The van der Waals surface area contributed by atoms with Gasteiger partial charge in [-0.05, 0) is 53.8 Å². The van der Waals surface area contributed by atoms with Crippen molar-refractivity contribution in [1.82, 2.24) is 0 Å². The van der Waals surface area contributed by atoms with Crippen molar-refractivity contribution in [2.24, 2.45) is 0 Å². The van der Waals surface area contributed by atoms with Crippen molar-refractivity contribution >= 4 is 5.69 Å². The highest BCUT2D eigenvalue weighted by Crippen LogP contribution is 2.23. The minimum Gasteiger partial charge on any atom is -0.491 e. The third kappa shape index (κ3) is 3.99. The van der Waals surface area contributed by atoms with E-state index in [9.17, 15) is 5.11 Å². The highest BCUT2D eigenvalue weighted by atomic mass is 16.5. The number of rotatable bonds is 6. The number of aliphatic hydroxyl groups is 1. The molecule has 0 radical (unpaired) electrons. The molecule has 0 amide bonds. The van der Waals surface area contributed by atoms with Gasteiger partial charge in [-0.15, -0.1) is 0 Å². The van der Waals surface area contributed by atoms with Crippen molar-refractivity contribution < 1.29 is 9.84 Å². The van der Waals surface area contributed by atoms with Crippen LogP contribution in [0.4, 0.5) is 5.69 Å². The van der Waals surface area contributed by atoms with Gasteiger partial charge in [0.2, 0.25) is 0 Å². The molecule has 0 aromatic heterocycles. The smallest absolute Gasteiger partial charge is 0.119 e. The molecular formula is C18H23NO2. The number of nitrogens with two attached hydrogens (primary N) is 1. The summed E-state index contributed by atoms with van der Waals surface area (Å²) in [5.41, 5.74) is 9.70. The molecule has 0 aliphatic carbocycles. The molecular weight excluding hydrogens is 262 g/mol. The van der Waals surface area contributed by atoms with Crippen LogP contribution in [0.2, 0.25) is 0 Å². The van der Waals surface area contributed by atoms with Gasteiger partial charge in [0.05, 0.1) is 0 Å². The third-order valence-electron chi connectivity index (χ3n) is 3.65. The first-order chi connectivity index (χ1) is 10.1. The monoisotopic (exact) mass is 285 g/mol. The molecule has 21 heavy (non-hydrogen) atoms. The Morgan fingerprint density at radius 3 is 2.38 bits per heavy atom. The lowest BCUT2D eigenvalue weighted by Crippen LogP contribution is -2.12. The van der Waals surface area contributed by atoms with Crippen molar-refractivity contribution in [3.8, 4) is 5.75 Å².